The Kier molecular flexibility index (Phi) is 6.11. The van der Waals surface area contributed by atoms with Crippen molar-refractivity contribution in [2.75, 3.05) is 24.3 Å². The Morgan fingerprint density at radius 2 is 1.57 bits per heavy atom. The third-order valence-electron chi connectivity index (χ3n) is 6.75. The number of para-hydroxylation sites is 2. The van der Waals surface area contributed by atoms with E-state index in [0.717, 1.165) is 53.3 Å². The minimum absolute atomic E-state index is 0.0191. The SMILES string of the molecule is CN(C)c1nc(N[C@H]2CC[C@@H](NC(=O)C(=O)c3cn(C)c4ccccc34)CC2)nc2ccccc12. The summed E-state index contributed by atoms with van der Waals surface area (Å²) in [4.78, 5) is 37.1. The van der Waals surface area contributed by atoms with E-state index >= 15 is 0 Å². The number of hydrogen-bond acceptors (Lipinski definition) is 6. The van der Waals surface area contributed by atoms with Gasteiger partial charge in [-0.05, 0) is 43.9 Å². The maximum atomic E-state index is 12.9. The molecule has 2 N–H and O–H groups in total. The molecule has 180 valence electrons. The molecule has 35 heavy (non-hydrogen) atoms. The first-order valence-corrected chi connectivity index (χ1v) is 12.0. The van der Waals surface area contributed by atoms with E-state index in [-0.39, 0.29) is 12.1 Å². The molecule has 0 saturated heterocycles. The highest BCUT2D eigenvalue weighted by Crippen LogP contribution is 2.27. The van der Waals surface area contributed by atoms with Crippen LogP contribution in [0.2, 0.25) is 0 Å². The smallest absolute Gasteiger partial charge is 0.292 e. The third-order valence-corrected chi connectivity index (χ3v) is 6.75. The molecule has 0 atom stereocenters. The second kappa shape index (κ2) is 9.37. The fraction of sp³-hybridized carbons (Fsp3) is 0.333. The monoisotopic (exact) mass is 470 g/mol. The lowest BCUT2D eigenvalue weighted by atomic mass is 9.91. The molecule has 8 nitrogen and oxygen atoms in total. The number of Topliss-reactive ketones (excluding diaryl/α,β-unsaturated/α-hetero) is 1. The van der Waals surface area contributed by atoms with Crippen molar-refractivity contribution in [3.05, 3.63) is 60.3 Å². The zero-order valence-corrected chi connectivity index (χ0v) is 20.3. The van der Waals surface area contributed by atoms with Gasteiger partial charge < -0.3 is 20.1 Å². The van der Waals surface area contributed by atoms with Crippen LogP contribution in [-0.2, 0) is 11.8 Å². The van der Waals surface area contributed by atoms with Gasteiger partial charge >= 0.3 is 0 Å². The van der Waals surface area contributed by atoms with Crippen LogP contribution in [0.4, 0.5) is 11.8 Å². The zero-order chi connectivity index (χ0) is 24.5. The Morgan fingerprint density at radius 1 is 0.914 bits per heavy atom. The van der Waals surface area contributed by atoms with Crippen LogP contribution in [0.3, 0.4) is 0 Å². The van der Waals surface area contributed by atoms with E-state index < -0.39 is 11.7 Å². The zero-order valence-electron chi connectivity index (χ0n) is 20.3. The highest BCUT2D eigenvalue weighted by Gasteiger charge is 2.27. The number of ketones is 1. The number of amides is 1. The van der Waals surface area contributed by atoms with Gasteiger partial charge in [0.05, 0.1) is 11.1 Å². The number of carbonyl (C=O) groups is 2. The largest absolute Gasteiger partial charge is 0.362 e. The predicted octanol–water partition coefficient (Wildman–Crippen LogP) is 3.91. The van der Waals surface area contributed by atoms with Crippen molar-refractivity contribution < 1.29 is 9.59 Å². The van der Waals surface area contributed by atoms with Gasteiger partial charge in [-0.25, -0.2) is 4.98 Å². The normalized spacial score (nSPS) is 17.9. The molecule has 2 aromatic carbocycles. The summed E-state index contributed by atoms with van der Waals surface area (Å²) in [5, 5.41) is 8.26. The van der Waals surface area contributed by atoms with E-state index in [1.165, 1.54) is 0 Å². The molecular formula is C27H30N6O2. The van der Waals surface area contributed by atoms with Crippen LogP contribution in [0.1, 0.15) is 36.0 Å². The summed E-state index contributed by atoms with van der Waals surface area (Å²) in [6.07, 6.45) is 5.04. The van der Waals surface area contributed by atoms with Gasteiger partial charge in [-0.3, -0.25) is 9.59 Å². The molecule has 1 aliphatic rings. The van der Waals surface area contributed by atoms with Gasteiger partial charge in [-0.2, -0.15) is 4.98 Å². The van der Waals surface area contributed by atoms with E-state index in [0.29, 0.717) is 11.5 Å². The highest BCUT2D eigenvalue weighted by atomic mass is 16.2. The third kappa shape index (κ3) is 4.56. The Hall–Kier alpha value is -3.94. The van der Waals surface area contributed by atoms with Gasteiger partial charge in [0.2, 0.25) is 5.95 Å². The van der Waals surface area contributed by atoms with Gasteiger partial charge in [0.1, 0.15) is 5.82 Å². The van der Waals surface area contributed by atoms with Gasteiger partial charge in [0.15, 0.2) is 0 Å². The summed E-state index contributed by atoms with van der Waals surface area (Å²) in [6, 6.07) is 15.8. The summed E-state index contributed by atoms with van der Waals surface area (Å²) < 4.78 is 1.88. The van der Waals surface area contributed by atoms with Crippen LogP contribution in [0.15, 0.2) is 54.7 Å². The van der Waals surface area contributed by atoms with Gasteiger partial charge in [0, 0.05) is 55.7 Å². The first-order valence-electron chi connectivity index (χ1n) is 12.0. The van der Waals surface area contributed by atoms with Crippen molar-refractivity contribution in [1.29, 1.82) is 0 Å². The van der Waals surface area contributed by atoms with Gasteiger partial charge in [0.25, 0.3) is 11.7 Å². The fourth-order valence-electron chi connectivity index (χ4n) is 4.93. The second-order valence-electron chi connectivity index (χ2n) is 9.45. The fourth-order valence-corrected chi connectivity index (χ4v) is 4.93. The van der Waals surface area contributed by atoms with Crippen molar-refractivity contribution >= 4 is 45.3 Å². The predicted molar refractivity (Wildman–Crippen MR) is 139 cm³/mol. The molecule has 1 fully saturated rings. The summed E-state index contributed by atoms with van der Waals surface area (Å²) in [5.41, 5.74) is 2.28. The van der Waals surface area contributed by atoms with Crippen LogP contribution in [0.5, 0.6) is 0 Å². The Balaban J connectivity index is 1.21. The van der Waals surface area contributed by atoms with Crippen molar-refractivity contribution in [3.63, 3.8) is 0 Å². The van der Waals surface area contributed by atoms with Gasteiger partial charge in [-0.1, -0.05) is 30.3 Å². The molecule has 0 bridgehead atoms. The molecule has 5 rings (SSSR count). The van der Waals surface area contributed by atoms with E-state index in [1.807, 2.05) is 79.1 Å². The minimum Gasteiger partial charge on any atom is -0.362 e. The van der Waals surface area contributed by atoms with Crippen molar-refractivity contribution in [3.8, 4) is 0 Å². The molecule has 1 aliphatic carbocycles. The average Bonchev–Trinajstić information content (AvgIpc) is 3.20. The van der Waals surface area contributed by atoms with E-state index in [4.69, 9.17) is 9.97 Å². The summed E-state index contributed by atoms with van der Waals surface area (Å²) in [6.45, 7) is 0. The maximum Gasteiger partial charge on any atom is 0.292 e. The number of carbonyl (C=O) groups excluding carboxylic acids is 2. The Bertz CT molecular complexity index is 1400. The minimum atomic E-state index is -0.536. The van der Waals surface area contributed by atoms with E-state index in [2.05, 4.69) is 10.6 Å². The number of rotatable bonds is 6. The van der Waals surface area contributed by atoms with Crippen LogP contribution in [-0.4, -0.2) is 52.4 Å². The summed E-state index contributed by atoms with van der Waals surface area (Å²) in [7, 11) is 5.84. The van der Waals surface area contributed by atoms with Crippen LogP contribution >= 0.6 is 0 Å². The number of nitrogens with zero attached hydrogens (tertiary/aromatic N) is 4. The number of anilines is 2. The number of hydrogen-bond donors (Lipinski definition) is 2. The Labute approximate surface area is 204 Å². The Morgan fingerprint density at radius 3 is 2.31 bits per heavy atom. The lowest BCUT2D eigenvalue weighted by Crippen LogP contribution is -2.43. The molecular weight excluding hydrogens is 440 g/mol. The lowest BCUT2D eigenvalue weighted by molar-refractivity contribution is -0.117. The standard InChI is InChI=1S/C27H30N6O2/c1-32(2)25-20-9-4-6-10-22(20)30-27(31-25)29-18-14-12-17(13-15-18)28-26(35)24(34)21-16-33(3)23-11-7-5-8-19(21)23/h4-11,16-18H,12-15H2,1-3H3,(H,28,35)(H,29,30,31)/t17-,18+. The number of benzene rings is 2. The molecule has 1 amide bonds. The lowest BCUT2D eigenvalue weighted by Gasteiger charge is -2.29. The highest BCUT2D eigenvalue weighted by molar-refractivity contribution is 6.45. The second-order valence-corrected chi connectivity index (χ2v) is 9.45. The molecule has 0 aliphatic heterocycles. The molecule has 0 unspecified atom stereocenters. The number of aryl methyl sites for hydroxylation is 1. The molecule has 0 radical (unpaired) electrons. The van der Waals surface area contributed by atoms with Crippen LogP contribution in [0.25, 0.3) is 21.8 Å². The first kappa shape index (κ1) is 22.8. The van der Waals surface area contributed by atoms with Gasteiger partial charge in [-0.15, -0.1) is 0 Å². The molecule has 4 aromatic rings. The summed E-state index contributed by atoms with van der Waals surface area (Å²) in [5.74, 6) is 0.478. The number of nitrogens with one attached hydrogen (secondary N) is 2. The van der Waals surface area contributed by atoms with Crippen molar-refractivity contribution in [1.82, 2.24) is 19.9 Å². The van der Waals surface area contributed by atoms with E-state index in [9.17, 15) is 9.59 Å². The van der Waals surface area contributed by atoms with E-state index in [1.54, 1.807) is 6.20 Å². The topological polar surface area (TPSA) is 92.2 Å². The average molecular weight is 471 g/mol. The van der Waals surface area contributed by atoms with Crippen molar-refractivity contribution in [2.24, 2.45) is 7.05 Å². The quantitative estimate of drug-likeness (QED) is 0.328. The summed E-state index contributed by atoms with van der Waals surface area (Å²) >= 11 is 0. The molecule has 8 heteroatoms. The number of aromatic nitrogens is 3. The van der Waals surface area contributed by atoms with Crippen LogP contribution in [0, 0.1) is 0 Å². The molecule has 1 saturated carbocycles. The molecule has 2 aromatic heterocycles. The maximum absolute atomic E-state index is 12.9. The molecule has 0 spiro atoms. The first-order chi connectivity index (χ1) is 16.9. The van der Waals surface area contributed by atoms with Crippen LogP contribution < -0.4 is 15.5 Å². The van der Waals surface area contributed by atoms with Crippen molar-refractivity contribution in [2.45, 2.75) is 37.8 Å². The number of fused-ring (bicyclic) bond motifs is 2. The molecule has 2 heterocycles.